The van der Waals surface area contributed by atoms with E-state index in [-0.39, 0.29) is 11.7 Å². The number of ether oxygens (including phenoxy) is 2. The Morgan fingerprint density at radius 2 is 1.79 bits per heavy atom. The van der Waals surface area contributed by atoms with E-state index in [0.29, 0.717) is 27.4 Å². The second-order valence-electron chi connectivity index (χ2n) is 6.89. The Balaban J connectivity index is 1.64. The molecule has 4 rings (SSSR count). The molecular weight excluding hydrogens is 460 g/mol. The average Bonchev–Trinajstić information content (AvgIpc) is 3.26. The zero-order valence-corrected chi connectivity index (χ0v) is 19.6. The highest BCUT2D eigenvalue weighted by Gasteiger charge is 2.20. The van der Waals surface area contributed by atoms with Gasteiger partial charge in [-0.3, -0.25) is 9.36 Å². The first-order valence-electron chi connectivity index (χ1n) is 10.0. The van der Waals surface area contributed by atoms with Crippen molar-refractivity contribution in [2.75, 3.05) is 25.3 Å². The third-order valence-corrected chi connectivity index (χ3v) is 5.92. The number of rotatable bonds is 8. The van der Waals surface area contributed by atoms with Crippen molar-refractivity contribution < 1.29 is 14.3 Å². The summed E-state index contributed by atoms with van der Waals surface area (Å²) in [6.45, 7) is 0. The quantitative estimate of drug-likeness (QED) is 0.343. The highest BCUT2D eigenvalue weighted by molar-refractivity contribution is 7.99. The second kappa shape index (κ2) is 10.4. The molecule has 0 saturated carbocycles. The molecule has 1 N–H and O–H groups in total. The van der Waals surface area contributed by atoms with Crippen LogP contribution < -0.4 is 14.8 Å². The van der Waals surface area contributed by atoms with Crippen LogP contribution in [0.3, 0.4) is 0 Å². The van der Waals surface area contributed by atoms with E-state index in [2.05, 4.69) is 15.5 Å². The van der Waals surface area contributed by atoms with Crippen molar-refractivity contribution in [3.63, 3.8) is 0 Å². The number of nitrogens with zero attached hydrogens (tertiary/aromatic N) is 3. The predicted molar refractivity (Wildman–Crippen MR) is 131 cm³/mol. The number of halogens is 1. The first-order chi connectivity index (χ1) is 16.1. The van der Waals surface area contributed by atoms with Crippen molar-refractivity contribution in [2.24, 2.45) is 0 Å². The lowest BCUT2D eigenvalue weighted by molar-refractivity contribution is -0.113. The van der Waals surface area contributed by atoms with Gasteiger partial charge in [0.15, 0.2) is 11.0 Å². The molecule has 3 aromatic carbocycles. The van der Waals surface area contributed by atoms with Crippen molar-refractivity contribution in [2.45, 2.75) is 5.16 Å². The summed E-state index contributed by atoms with van der Waals surface area (Å²) in [7, 11) is 3.23. The van der Waals surface area contributed by atoms with Crippen LogP contribution in [0.15, 0.2) is 78.0 Å². The van der Waals surface area contributed by atoms with Gasteiger partial charge >= 0.3 is 0 Å². The largest absolute Gasteiger partial charge is 0.497 e. The van der Waals surface area contributed by atoms with Gasteiger partial charge in [-0.25, -0.2) is 0 Å². The summed E-state index contributed by atoms with van der Waals surface area (Å²) < 4.78 is 12.7. The monoisotopic (exact) mass is 480 g/mol. The fraction of sp³-hybridized carbons (Fsp3) is 0.125. The Bertz CT molecular complexity index is 1260. The molecule has 0 aliphatic heterocycles. The smallest absolute Gasteiger partial charge is 0.234 e. The molecule has 0 spiro atoms. The van der Waals surface area contributed by atoms with E-state index >= 15 is 0 Å². The molecule has 0 aliphatic carbocycles. The van der Waals surface area contributed by atoms with Gasteiger partial charge < -0.3 is 14.8 Å². The zero-order valence-electron chi connectivity index (χ0n) is 18.0. The number of benzene rings is 3. The maximum atomic E-state index is 12.5. The number of amides is 1. The van der Waals surface area contributed by atoms with Crippen LogP contribution in [0.25, 0.3) is 17.1 Å². The zero-order chi connectivity index (χ0) is 23.2. The maximum absolute atomic E-state index is 12.5. The lowest BCUT2D eigenvalue weighted by Gasteiger charge is -2.13. The minimum Gasteiger partial charge on any atom is -0.497 e. The van der Waals surface area contributed by atoms with Crippen LogP contribution in [0.1, 0.15) is 0 Å². The number of anilines is 1. The van der Waals surface area contributed by atoms with E-state index in [0.717, 1.165) is 17.0 Å². The minimum atomic E-state index is -0.176. The topological polar surface area (TPSA) is 78.3 Å². The molecule has 0 radical (unpaired) electrons. The molecular formula is C24H21ClN4O3S. The number of carbonyl (C=O) groups excluding carboxylic acids is 1. The molecule has 33 heavy (non-hydrogen) atoms. The summed E-state index contributed by atoms with van der Waals surface area (Å²) in [5.41, 5.74) is 2.26. The van der Waals surface area contributed by atoms with Crippen molar-refractivity contribution in [3.8, 4) is 28.6 Å². The predicted octanol–water partition coefficient (Wildman–Crippen LogP) is 5.34. The van der Waals surface area contributed by atoms with E-state index in [1.807, 2.05) is 53.1 Å². The molecule has 168 valence electrons. The molecule has 9 heteroatoms. The molecule has 0 fully saturated rings. The SMILES string of the molecule is COc1ccc(-n2c(SCC(=O)Nc3cccc(Cl)c3)nnc2-c2ccccc2OC)cc1. The van der Waals surface area contributed by atoms with Gasteiger partial charge in [0, 0.05) is 10.7 Å². The Morgan fingerprint density at radius 3 is 2.52 bits per heavy atom. The van der Waals surface area contributed by atoms with Gasteiger partial charge in [-0.2, -0.15) is 0 Å². The molecule has 1 amide bonds. The summed E-state index contributed by atoms with van der Waals surface area (Å²) in [4.78, 5) is 12.5. The molecule has 0 aliphatic rings. The molecule has 7 nitrogen and oxygen atoms in total. The first kappa shape index (κ1) is 22.7. The molecule has 0 bridgehead atoms. The Hall–Kier alpha value is -3.49. The van der Waals surface area contributed by atoms with E-state index in [4.69, 9.17) is 21.1 Å². The van der Waals surface area contributed by atoms with Gasteiger partial charge in [-0.1, -0.05) is 41.6 Å². The van der Waals surface area contributed by atoms with Gasteiger partial charge in [-0.15, -0.1) is 10.2 Å². The third kappa shape index (κ3) is 5.30. The van der Waals surface area contributed by atoms with E-state index in [1.165, 1.54) is 11.8 Å². The van der Waals surface area contributed by atoms with Crippen LogP contribution in [0.2, 0.25) is 5.02 Å². The number of aromatic nitrogens is 3. The van der Waals surface area contributed by atoms with Crippen molar-refractivity contribution >= 4 is 35.0 Å². The van der Waals surface area contributed by atoms with Gasteiger partial charge in [0.1, 0.15) is 11.5 Å². The van der Waals surface area contributed by atoms with Gasteiger partial charge in [0.25, 0.3) is 0 Å². The summed E-state index contributed by atoms with van der Waals surface area (Å²) in [6.07, 6.45) is 0. The fourth-order valence-corrected chi connectivity index (χ4v) is 4.17. The Morgan fingerprint density at radius 1 is 1.00 bits per heavy atom. The highest BCUT2D eigenvalue weighted by Crippen LogP contribution is 2.33. The Labute approximate surface area is 200 Å². The van der Waals surface area contributed by atoms with Crippen molar-refractivity contribution in [1.82, 2.24) is 14.8 Å². The molecule has 1 aromatic heterocycles. The number of carbonyl (C=O) groups is 1. The first-order valence-corrected chi connectivity index (χ1v) is 11.4. The summed E-state index contributed by atoms with van der Waals surface area (Å²) in [6, 6.07) is 22.2. The number of thioether (sulfide) groups is 1. The number of para-hydroxylation sites is 1. The third-order valence-electron chi connectivity index (χ3n) is 4.75. The van der Waals surface area contributed by atoms with E-state index in [1.54, 1.807) is 38.5 Å². The van der Waals surface area contributed by atoms with Crippen molar-refractivity contribution in [1.29, 1.82) is 0 Å². The van der Waals surface area contributed by atoms with E-state index in [9.17, 15) is 4.79 Å². The van der Waals surface area contributed by atoms with E-state index < -0.39 is 0 Å². The van der Waals surface area contributed by atoms with Crippen LogP contribution in [0.5, 0.6) is 11.5 Å². The number of hydrogen-bond acceptors (Lipinski definition) is 6. The molecule has 0 unspecified atom stereocenters. The summed E-state index contributed by atoms with van der Waals surface area (Å²) >= 11 is 7.28. The molecule has 0 atom stereocenters. The van der Waals surface area contributed by atoms with Crippen molar-refractivity contribution in [3.05, 3.63) is 77.8 Å². The molecule has 0 saturated heterocycles. The van der Waals surface area contributed by atoms with Crippen LogP contribution in [-0.4, -0.2) is 40.6 Å². The second-order valence-corrected chi connectivity index (χ2v) is 8.27. The van der Waals surface area contributed by atoms with Crippen LogP contribution >= 0.6 is 23.4 Å². The van der Waals surface area contributed by atoms with Crippen LogP contribution in [0.4, 0.5) is 5.69 Å². The number of nitrogens with one attached hydrogen (secondary N) is 1. The summed E-state index contributed by atoms with van der Waals surface area (Å²) in [5, 5.41) is 12.8. The highest BCUT2D eigenvalue weighted by atomic mass is 35.5. The molecule has 1 heterocycles. The standard InChI is InChI=1S/C24H21ClN4O3S/c1-31-19-12-10-18(11-13-19)29-23(20-8-3-4-9-21(20)32-2)27-28-24(29)33-15-22(30)26-17-7-5-6-16(25)14-17/h3-14H,15H2,1-2H3,(H,26,30). The van der Waals surface area contributed by atoms with Gasteiger partial charge in [-0.05, 0) is 54.6 Å². The Kier molecular flexibility index (Phi) is 7.16. The summed E-state index contributed by atoms with van der Waals surface area (Å²) in [5.74, 6) is 1.99. The van der Waals surface area contributed by atoms with Crippen LogP contribution in [0, 0.1) is 0 Å². The van der Waals surface area contributed by atoms with Gasteiger partial charge in [0.2, 0.25) is 5.91 Å². The fourth-order valence-electron chi connectivity index (χ4n) is 3.22. The van der Waals surface area contributed by atoms with Crippen LogP contribution in [-0.2, 0) is 4.79 Å². The lowest BCUT2D eigenvalue weighted by Crippen LogP contribution is -2.14. The normalized spacial score (nSPS) is 10.6. The average molecular weight is 481 g/mol. The lowest BCUT2D eigenvalue weighted by atomic mass is 10.2. The van der Waals surface area contributed by atoms with Gasteiger partial charge in [0.05, 0.1) is 31.2 Å². The number of hydrogen-bond donors (Lipinski definition) is 1. The minimum absolute atomic E-state index is 0.146. The number of methoxy groups -OCH3 is 2. The maximum Gasteiger partial charge on any atom is 0.234 e. The molecule has 4 aromatic rings.